The van der Waals surface area contributed by atoms with Gasteiger partial charge in [-0.15, -0.1) is 5.06 Å². The van der Waals surface area contributed by atoms with E-state index in [2.05, 4.69) is 5.32 Å². The number of imide groups is 1. The smallest absolute Gasteiger partial charge is 0.333 e. The second kappa shape index (κ2) is 17.1. The summed E-state index contributed by atoms with van der Waals surface area (Å²) >= 11 is 0. The lowest BCUT2D eigenvalue weighted by molar-refractivity contribution is -0.197. The number of rotatable bonds is 18. The molecule has 6 rings (SSSR count). The Hall–Kier alpha value is -5.16. The number of hydroxylamine groups is 2. The Labute approximate surface area is 319 Å². The van der Waals surface area contributed by atoms with Gasteiger partial charge in [-0.3, -0.25) is 19.3 Å². The highest BCUT2D eigenvalue weighted by Crippen LogP contribution is 2.56. The zero-order chi connectivity index (χ0) is 40.0. The van der Waals surface area contributed by atoms with Crippen LogP contribution in [0.5, 0.6) is 28.7 Å². The number of fused-ring (bicyclic) bond motifs is 2. The number of ether oxygens (including phenoxy) is 5. The summed E-state index contributed by atoms with van der Waals surface area (Å²) in [7, 11) is 3.88. The second-order valence-electron chi connectivity index (χ2n) is 13.8. The van der Waals surface area contributed by atoms with Gasteiger partial charge in [0.2, 0.25) is 5.91 Å². The van der Waals surface area contributed by atoms with E-state index in [1.54, 1.807) is 24.3 Å². The summed E-state index contributed by atoms with van der Waals surface area (Å²) < 4.78 is 54.0. The molecule has 55 heavy (non-hydrogen) atoms. The molecule has 4 aliphatic rings. The summed E-state index contributed by atoms with van der Waals surface area (Å²) in [6, 6.07) is 7.87. The number of hydrogen-bond acceptors (Lipinski definition) is 14. The van der Waals surface area contributed by atoms with Gasteiger partial charge in [-0.1, -0.05) is 6.07 Å². The quantitative estimate of drug-likeness (QED) is 0.131. The zero-order valence-corrected chi connectivity index (χ0v) is 32.5. The van der Waals surface area contributed by atoms with Crippen LogP contribution in [0, 0.1) is 0 Å². The van der Waals surface area contributed by atoms with Gasteiger partial charge in [0.1, 0.15) is 22.8 Å². The summed E-state index contributed by atoms with van der Waals surface area (Å²) in [5.74, 6) is -1.42. The normalized spacial score (nSPS) is 20.9. The van der Waals surface area contributed by atoms with Crippen molar-refractivity contribution in [3.05, 3.63) is 46.9 Å². The molecule has 1 saturated carbocycles. The molecule has 0 aromatic heterocycles. The monoisotopic (exact) mass is 785 g/mol. The molecule has 17 heteroatoms. The first-order valence-corrected chi connectivity index (χ1v) is 19.6. The van der Waals surface area contributed by atoms with Crippen molar-refractivity contribution in [2.24, 2.45) is 0 Å². The molecule has 1 aliphatic carbocycles. The molecule has 2 unspecified atom stereocenters. The molecule has 3 aliphatic heterocycles. The van der Waals surface area contributed by atoms with Crippen molar-refractivity contribution in [3.63, 3.8) is 0 Å². The highest BCUT2D eigenvalue weighted by molar-refractivity contribution is 7.93. The van der Waals surface area contributed by atoms with Crippen LogP contribution in [0.4, 0.5) is 0 Å². The van der Waals surface area contributed by atoms with Crippen molar-refractivity contribution in [1.82, 2.24) is 15.3 Å². The number of sulfone groups is 1. The molecule has 2 bridgehead atoms. The molecular formula is C38H47N3O13S. The second-order valence-corrected chi connectivity index (χ2v) is 15.7. The van der Waals surface area contributed by atoms with E-state index in [1.165, 1.54) is 40.6 Å². The van der Waals surface area contributed by atoms with Crippen LogP contribution >= 0.6 is 0 Å². The summed E-state index contributed by atoms with van der Waals surface area (Å²) in [5.41, 5.74) is -0.428. The van der Waals surface area contributed by atoms with Crippen LogP contribution in [0.2, 0.25) is 0 Å². The highest BCUT2D eigenvalue weighted by Gasteiger charge is 2.66. The largest absolute Gasteiger partial charge is 0.496 e. The molecule has 3 saturated heterocycles. The number of amides is 3. The van der Waals surface area contributed by atoms with Crippen molar-refractivity contribution in [3.8, 4) is 28.7 Å². The van der Waals surface area contributed by atoms with E-state index in [1.807, 2.05) is 11.9 Å². The fourth-order valence-electron chi connectivity index (χ4n) is 7.51. The Kier molecular flexibility index (Phi) is 12.8. The van der Waals surface area contributed by atoms with Gasteiger partial charge in [-0.25, -0.2) is 18.0 Å². The minimum atomic E-state index is -3.82. The number of esters is 1. The molecule has 3 amide bonds. The number of nitrogens with one attached hydrogen (secondary N) is 1. The van der Waals surface area contributed by atoms with Crippen LogP contribution in [0.1, 0.15) is 75.3 Å². The van der Waals surface area contributed by atoms with Gasteiger partial charge in [-0.2, -0.15) is 0 Å². The van der Waals surface area contributed by atoms with Gasteiger partial charge in [0.25, 0.3) is 11.8 Å². The third-order valence-electron chi connectivity index (χ3n) is 10.5. The maximum Gasteiger partial charge on any atom is 0.333 e. The van der Waals surface area contributed by atoms with E-state index in [0.717, 1.165) is 18.2 Å². The van der Waals surface area contributed by atoms with Gasteiger partial charge < -0.3 is 33.8 Å². The lowest BCUT2D eigenvalue weighted by Crippen LogP contribution is -2.78. The van der Waals surface area contributed by atoms with E-state index >= 15 is 0 Å². The molecule has 16 nitrogen and oxygen atoms in total. The van der Waals surface area contributed by atoms with Crippen LogP contribution in [0.3, 0.4) is 0 Å². The molecule has 2 aromatic rings. The highest BCUT2D eigenvalue weighted by atomic mass is 32.2. The van der Waals surface area contributed by atoms with Crippen molar-refractivity contribution in [2.75, 3.05) is 42.0 Å². The van der Waals surface area contributed by atoms with E-state index < -0.39 is 39.1 Å². The summed E-state index contributed by atoms with van der Waals surface area (Å²) in [4.78, 5) is 68.4. The topological polar surface area (TPSA) is 193 Å². The van der Waals surface area contributed by atoms with Crippen molar-refractivity contribution in [2.45, 2.75) is 81.0 Å². The number of piperidine rings is 1. The number of carbonyl (C=O) groups excluding carboxylic acids is 5. The Bertz CT molecular complexity index is 1920. The Morgan fingerprint density at radius 1 is 0.873 bits per heavy atom. The average molecular weight is 786 g/mol. The summed E-state index contributed by atoms with van der Waals surface area (Å²) in [6.45, 7) is 0.354. The predicted molar refractivity (Wildman–Crippen MR) is 197 cm³/mol. The Morgan fingerprint density at radius 3 is 2.16 bits per heavy atom. The third kappa shape index (κ3) is 9.05. The summed E-state index contributed by atoms with van der Waals surface area (Å²) in [6.07, 6.45) is 4.79. The molecule has 2 aromatic carbocycles. The van der Waals surface area contributed by atoms with E-state index in [-0.39, 0.29) is 60.8 Å². The number of methoxy groups -OCH3 is 4. The SMILES string of the molecule is COc1cc(OC)c(/C=C/S(=O)(=O)Cc2ccc(OC)c(OC(=O)C34CCCC(CCNC(=O)CCCC(=O)ON5C(=O)CCC5=O)(C3)N4C)c2)c(OC)c1. The van der Waals surface area contributed by atoms with E-state index in [0.29, 0.717) is 59.2 Å². The number of hydrogen-bond donors (Lipinski definition) is 1. The van der Waals surface area contributed by atoms with Crippen LogP contribution < -0.4 is 29.0 Å². The van der Waals surface area contributed by atoms with Gasteiger partial charge >= 0.3 is 11.9 Å². The first-order chi connectivity index (χ1) is 26.2. The first kappa shape index (κ1) is 41.0. The van der Waals surface area contributed by atoms with E-state index in [9.17, 15) is 32.4 Å². The maximum absolute atomic E-state index is 13.8. The van der Waals surface area contributed by atoms with Crippen molar-refractivity contribution in [1.29, 1.82) is 0 Å². The number of nitrogens with zero attached hydrogens (tertiary/aromatic N) is 2. The molecule has 0 spiro atoms. The summed E-state index contributed by atoms with van der Waals surface area (Å²) in [5, 5.41) is 4.43. The van der Waals surface area contributed by atoms with E-state index in [4.69, 9.17) is 28.5 Å². The standard InChI is InChI=1S/C38H47N3O13S/c1-40-37(17-18-39-32(42)8-6-9-35(45)54-41-33(43)12-13-34(41)44)15-7-16-38(40,24-37)36(46)53-31-20-25(10-11-28(31)50-3)23-55(47,48)19-14-27-29(51-4)21-26(49-2)22-30(27)52-5/h10-11,14,19-22H,6-9,12-13,15-18,23-24H2,1-5H3,(H,39,42)/b19-14+. The molecule has 1 N–H and O–H groups in total. The zero-order valence-electron chi connectivity index (χ0n) is 31.6. The van der Waals surface area contributed by atoms with Crippen LogP contribution in [0.15, 0.2) is 35.7 Å². The number of benzene rings is 2. The average Bonchev–Trinajstić information content (AvgIpc) is 3.48. The lowest BCUT2D eigenvalue weighted by Gasteiger charge is -2.66. The van der Waals surface area contributed by atoms with Crippen molar-refractivity contribution < 1.29 is 60.9 Å². The minimum Gasteiger partial charge on any atom is -0.496 e. The Balaban J connectivity index is 1.15. The molecule has 0 radical (unpaired) electrons. The molecule has 2 atom stereocenters. The van der Waals surface area contributed by atoms with Crippen LogP contribution in [-0.2, 0) is 44.4 Å². The van der Waals surface area contributed by atoms with Crippen molar-refractivity contribution >= 4 is 45.6 Å². The number of carbonyl (C=O) groups is 5. The van der Waals surface area contributed by atoms with Crippen LogP contribution in [-0.4, -0.2) is 101 Å². The maximum atomic E-state index is 13.8. The van der Waals surface area contributed by atoms with Crippen LogP contribution in [0.25, 0.3) is 6.08 Å². The van der Waals surface area contributed by atoms with Gasteiger partial charge in [0.15, 0.2) is 21.3 Å². The van der Waals surface area contributed by atoms with Gasteiger partial charge in [0.05, 0.1) is 39.8 Å². The van der Waals surface area contributed by atoms with Gasteiger partial charge in [-0.05, 0) is 69.3 Å². The Morgan fingerprint density at radius 2 is 1.55 bits per heavy atom. The number of likely N-dealkylation sites (N-methyl/N-ethyl adjacent to an activating group) is 1. The third-order valence-corrected chi connectivity index (χ3v) is 11.8. The molecule has 3 heterocycles. The predicted octanol–water partition coefficient (Wildman–Crippen LogP) is 3.49. The molecule has 298 valence electrons. The fraction of sp³-hybridized carbons (Fsp3) is 0.500. The lowest BCUT2D eigenvalue weighted by atomic mass is 9.58. The van der Waals surface area contributed by atoms with Gasteiger partial charge in [0, 0.05) is 55.3 Å². The molecule has 4 fully saturated rings. The fourth-order valence-corrected chi connectivity index (χ4v) is 8.60. The minimum absolute atomic E-state index is 0.00437. The molecular weight excluding hydrogens is 738 g/mol. The first-order valence-electron chi connectivity index (χ1n) is 17.9.